The Kier molecular flexibility index (Phi) is 6.48. The van der Waals surface area contributed by atoms with Crippen molar-refractivity contribution in [1.82, 2.24) is 16.0 Å². The summed E-state index contributed by atoms with van der Waals surface area (Å²) in [5.41, 5.74) is 9.41. The third-order valence-corrected chi connectivity index (χ3v) is 11.6. The summed E-state index contributed by atoms with van der Waals surface area (Å²) in [6.07, 6.45) is -0.391. The number of para-hydroxylation sites is 4. The summed E-state index contributed by atoms with van der Waals surface area (Å²) in [6.45, 7) is 0. The predicted molar refractivity (Wildman–Crippen MR) is 210 cm³/mol. The van der Waals surface area contributed by atoms with Gasteiger partial charge in [0.2, 0.25) is 0 Å². The standard InChI is InChI=1S/C45H31N3O2S/c1-2-11-26(12-3-1)43-46-44(48-45(47-43)35-20-9-16-31-29-14-5-7-22-38(29)50-41(31)35)27-23-24-39-36(25-27)34-19-10-18-33(42(34)51-39)32-17-8-15-30-28-13-4-6-21-37(28)49-40(30)32/h1-25,43-48H. The first-order chi connectivity index (χ1) is 25.3. The molecule has 0 saturated carbocycles. The van der Waals surface area contributed by atoms with E-state index < -0.39 is 0 Å². The molecule has 1 saturated heterocycles. The molecule has 7 aromatic carbocycles. The Bertz CT molecular complexity index is 2940. The maximum Gasteiger partial charge on any atom is 0.143 e. The van der Waals surface area contributed by atoms with Gasteiger partial charge < -0.3 is 8.83 Å². The molecule has 0 aliphatic carbocycles. The lowest BCUT2D eigenvalue weighted by molar-refractivity contribution is 0.203. The van der Waals surface area contributed by atoms with Crippen LogP contribution in [0.2, 0.25) is 0 Å². The second-order valence-electron chi connectivity index (χ2n) is 13.4. The molecule has 3 N–H and O–H groups in total. The number of thiophene rings is 1. The molecule has 4 heterocycles. The van der Waals surface area contributed by atoms with Crippen molar-refractivity contribution in [3.8, 4) is 11.1 Å². The molecule has 5 nitrogen and oxygen atoms in total. The second-order valence-corrected chi connectivity index (χ2v) is 14.4. The van der Waals surface area contributed by atoms with Gasteiger partial charge in [-0.05, 0) is 35.4 Å². The number of benzene rings is 7. The van der Waals surface area contributed by atoms with Gasteiger partial charge >= 0.3 is 0 Å². The zero-order valence-corrected chi connectivity index (χ0v) is 28.2. The summed E-state index contributed by atoms with van der Waals surface area (Å²) in [4.78, 5) is 0. The maximum atomic E-state index is 6.50. The van der Waals surface area contributed by atoms with Crippen LogP contribution in [0.3, 0.4) is 0 Å². The van der Waals surface area contributed by atoms with E-state index >= 15 is 0 Å². The van der Waals surface area contributed by atoms with Crippen LogP contribution in [0.5, 0.6) is 0 Å². The van der Waals surface area contributed by atoms with E-state index in [1.807, 2.05) is 35.6 Å². The highest BCUT2D eigenvalue weighted by Crippen LogP contribution is 2.44. The summed E-state index contributed by atoms with van der Waals surface area (Å²) in [6, 6.07) is 53.6. The molecular weight excluding hydrogens is 647 g/mol. The normalized spacial score (nSPS) is 18.2. The van der Waals surface area contributed by atoms with Gasteiger partial charge in [0.25, 0.3) is 0 Å². The largest absolute Gasteiger partial charge is 0.456 e. The van der Waals surface area contributed by atoms with E-state index in [4.69, 9.17) is 8.83 Å². The Morgan fingerprint density at radius 1 is 0.412 bits per heavy atom. The number of furan rings is 2. The van der Waals surface area contributed by atoms with E-state index in [0.29, 0.717) is 0 Å². The van der Waals surface area contributed by atoms with Crippen LogP contribution in [0.1, 0.15) is 35.2 Å². The monoisotopic (exact) mass is 677 g/mol. The van der Waals surface area contributed by atoms with Gasteiger partial charge in [-0.2, -0.15) is 0 Å². The zero-order chi connectivity index (χ0) is 33.5. The lowest BCUT2D eigenvalue weighted by Crippen LogP contribution is -2.54. The summed E-state index contributed by atoms with van der Waals surface area (Å²) < 4.78 is 15.5. The molecule has 1 aliphatic rings. The van der Waals surface area contributed by atoms with Crippen molar-refractivity contribution in [1.29, 1.82) is 0 Å². The third-order valence-electron chi connectivity index (χ3n) is 10.4. The number of hydrogen-bond donors (Lipinski definition) is 3. The Balaban J connectivity index is 1.03. The lowest BCUT2D eigenvalue weighted by Gasteiger charge is -2.39. The van der Waals surface area contributed by atoms with E-state index in [1.165, 1.54) is 36.9 Å². The highest BCUT2D eigenvalue weighted by molar-refractivity contribution is 7.26. The SMILES string of the molecule is c1ccc(C2NC(c3ccc4sc5c(-c6cccc7c6oc6ccccc67)cccc5c4c3)NC(c3cccc4c3oc3ccccc34)N2)cc1. The molecule has 0 radical (unpaired) electrons. The molecule has 51 heavy (non-hydrogen) atoms. The van der Waals surface area contributed by atoms with Crippen molar-refractivity contribution in [3.63, 3.8) is 0 Å². The summed E-state index contributed by atoms with van der Waals surface area (Å²) in [5.74, 6) is 0. The molecule has 6 heteroatoms. The minimum absolute atomic E-state index is 0.0899. The minimum atomic E-state index is -0.170. The first kappa shape index (κ1) is 29.0. The van der Waals surface area contributed by atoms with Crippen LogP contribution >= 0.6 is 11.3 Å². The molecule has 3 atom stereocenters. The van der Waals surface area contributed by atoms with Crippen molar-refractivity contribution >= 4 is 75.4 Å². The summed E-state index contributed by atoms with van der Waals surface area (Å²) in [7, 11) is 0. The van der Waals surface area contributed by atoms with E-state index in [1.54, 1.807) is 0 Å². The molecule has 3 aromatic heterocycles. The van der Waals surface area contributed by atoms with Crippen LogP contribution in [0, 0.1) is 0 Å². The minimum Gasteiger partial charge on any atom is -0.456 e. The smallest absolute Gasteiger partial charge is 0.143 e. The predicted octanol–water partition coefficient (Wildman–Crippen LogP) is 11.7. The van der Waals surface area contributed by atoms with Crippen LogP contribution in [-0.4, -0.2) is 0 Å². The van der Waals surface area contributed by atoms with Crippen LogP contribution < -0.4 is 16.0 Å². The highest BCUT2D eigenvalue weighted by Gasteiger charge is 2.31. The average molecular weight is 678 g/mol. The van der Waals surface area contributed by atoms with Crippen LogP contribution in [-0.2, 0) is 0 Å². The van der Waals surface area contributed by atoms with Gasteiger partial charge in [-0.3, -0.25) is 16.0 Å². The highest BCUT2D eigenvalue weighted by atomic mass is 32.1. The number of fused-ring (bicyclic) bond motifs is 9. The van der Waals surface area contributed by atoms with Crippen molar-refractivity contribution < 1.29 is 8.83 Å². The molecule has 3 unspecified atom stereocenters. The first-order valence-electron chi connectivity index (χ1n) is 17.4. The van der Waals surface area contributed by atoms with Crippen LogP contribution in [0.4, 0.5) is 0 Å². The fraction of sp³-hybridized carbons (Fsp3) is 0.0667. The van der Waals surface area contributed by atoms with E-state index in [0.717, 1.165) is 55.0 Å². The van der Waals surface area contributed by atoms with Gasteiger partial charge in [-0.15, -0.1) is 11.3 Å². The Hall–Kier alpha value is -5.76. The number of rotatable bonds is 4. The van der Waals surface area contributed by atoms with E-state index in [2.05, 4.69) is 143 Å². The van der Waals surface area contributed by atoms with Gasteiger partial charge in [0.1, 0.15) is 22.3 Å². The molecular formula is C45H31N3O2S. The van der Waals surface area contributed by atoms with Gasteiger partial charge in [-0.25, -0.2) is 0 Å². The molecule has 1 fully saturated rings. The van der Waals surface area contributed by atoms with Crippen LogP contribution in [0.15, 0.2) is 160 Å². The van der Waals surface area contributed by atoms with Crippen LogP contribution in [0.25, 0.3) is 75.2 Å². The van der Waals surface area contributed by atoms with Crippen molar-refractivity contribution in [2.45, 2.75) is 18.5 Å². The first-order valence-corrected chi connectivity index (χ1v) is 18.2. The second kappa shape index (κ2) is 11.4. The summed E-state index contributed by atoms with van der Waals surface area (Å²) in [5, 5.41) is 18.7. The third kappa shape index (κ3) is 4.58. The Morgan fingerprint density at radius 3 is 1.78 bits per heavy atom. The molecule has 11 rings (SSSR count). The zero-order valence-electron chi connectivity index (χ0n) is 27.4. The molecule has 1 aliphatic heterocycles. The van der Waals surface area contributed by atoms with Gasteiger partial charge in [0, 0.05) is 58.4 Å². The Labute approximate surface area is 297 Å². The number of nitrogens with one attached hydrogen (secondary N) is 3. The lowest BCUT2D eigenvalue weighted by atomic mass is 9.99. The Morgan fingerprint density at radius 2 is 1.00 bits per heavy atom. The van der Waals surface area contributed by atoms with Gasteiger partial charge in [0.15, 0.2) is 0 Å². The maximum absolute atomic E-state index is 6.50. The number of hydrogen-bond acceptors (Lipinski definition) is 6. The molecule has 0 bridgehead atoms. The van der Waals surface area contributed by atoms with Gasteiger partial charge in [-0.1, -0.05) is 127 Å². The average Bonchev–Trinajstić information content (AvgIpc) is 3.89. The van der Waals surface area contributed by atoms with Gasteiger partial charge in [0.05, 0.1) is 18.5 Å². The molecule has 0 spiro atoms. The van der Waals surface area contributed by atoms with E-state index in [-0.39, 0.29) is 18.5 Å². The quantitative estimate of drug-likeness (QED) is 0.173. The van der Waals surface area contributed by atoms with Crippen molar-refractivity contribution in [3.05, 3.63) is 168 Å². The molecule has 10 aromatic rings. The molecule has 0 amide bonds. The fourth-order valence-corrected chi connectivity index (χ4v) is 9.23. The molecule has 244 valence electrons. The summed E-state index contributed by atoms with van der Waals surface area (Å²) >= 11 is 1.84. The van der Waals surface area contributed by atoms with E-state index in [9.17, 15) is 0 Å². The van der Waals surface area contributed by atoms with Crippen molar-refractivity contribution in [2.24, 2.45) is 0 Å². The topological polar surface area (TPSA) is 62.4 Å². The van der Waals surface area contributed by atoms with Crippen molar-refractivity contribution in [2.75, 3.05) is 0 Å². The fourth-order valence-electron chi connectivity index (χ4n) is 8.02.